The van der Waals surface area contributed by atoms with Crippen LogP contribution in [0.2, 0.25) is 0 Å². The number of nitrogen functional groups attached to an aromatic ring is 1. The third-order valence-electron chi connectivity index (χ3n) is 1.94. The molecule has 0 fully saturated rings. The summed E-state index contributed by atoms with van der Waals surface area (Å²) in [5.41, 5.74) is 6.97. The standard InChI is InChI=1S/C10H11N2S.ClH/c1-8-12(10(11)7-13-8)9-5-3-2-4-6-9;/h2-7H,11H2,1H3;1H/q+1;/p-1. The Morgan fingerprint density at radius 2 is 1.86 bits per heavy atom. The third-order valence-corrected chi connectivity index (χ3v) is 2.82. The summed E-state index contributed by atoms with van der Waals surface area (Å²) in [7, 11) is 0. The molecule has 0 radical (unpaired) electrons. The number of benzene rings is 1. The van der Waals surface area contributed by atoms with Crippen molar-refractivity contribution in [3.63, 3.8) is 0 Å². The lowest BCUT2D eigenvalue weighted by molar-refractivity contribution is -0.581. The molecule has 0 atom stereocenters. The molecule has 0 bridgehead atoms. The van der Waals surface area contributed by atoms with E-state index in [1.807, 2.05) is 28.1 Å². The van der Waals surface area contributed by atoms with Gasteiger partial charge in [-0.15, -0.1) is 0 Å². The Balaban J connectivity index is 0.000000980. The number of halogens is 1. The number of hydrogen-bond donors (Lipinski definition) is 1. The number of nitrogens with two attached hydrogens (primary N) is 1. The minimum atomic E-state index is 0. The summed E-state index contributed by atoms with van der Waals surface area (Å²) in [6, 6.07) is 10.1. The Labute approximate surface area is 93.4 Å². The second kappa shape index (κ2) is 4.44. The molecule has 14 heavy (non-hydrogen) atoms. The highest BCUT2D eigenvalue weighted by Crippen LogP contribution is 2.11. The van der Waals surface area contributed by atoms with Crippen molar-refractivity contribution in [3.05, 3.63) is 40.7 Å². The zero-order chi connectivity index (χ0) is 9.26. The summed E-state index contributed by atoms with van der Waals surface area (Å²) >= 11 is 1.66. The number of aromatic nitrogens is 1. The highest BCUT2D eigenvalue weighted by Gasteiger charge is 2.11. The molecular formula is C10H11ClN2S. The molecule has 2 nitrogen and oxygen atoms in total. The highest BCUT2D eigenvalue weighted by molar-refractivity contribution is 7.09. The van der Waals surface area contributed by atoms with Gasteiger partial charge in [0.05, 0.1) is 5.38 Å². The maximum atomic E-state index is 5.85. The molecule has 0 saturated heterocycles. The molecule has 2 rings (SSSR count). The number of nitrogens with zero attached hydrogens (tertiary/aromatic N) is 1. The smallest absolute Gasteiger partial charge is 0.288 e. The van der Waals surface area contributed by atoms with E-state index in [4.69, 9.17) is 5.73 Å². The van der Waals surface area contributed by atoms with Gasteiger partial charge < -0.3 is 12.4 Å². The van der Waals surface area contributed by atoms with Crippen molar-refractivity contribution in [1.82, 2.24) is 0 Å². The second-order valence-electron chi connectivity index (χ2n) is 2.85. The molecule has 0 spiro atoms. The predicted octanol–water partition coefficient (Wildman–Crippen LogP) is -1.08. The third kappa shape index (κ3) is 1.89. The number of para-hydroxylation sites is 1. The van der Waals surface area contributed by atoms with E-state index in [1.54, 1.807) is 11.3 Å². The van der Waals surface area contributed by atoms with E-state index < -0.39 is 0 Å². The van der Waals surface area contributed by atoms with Crippen molar-refractivity contribution < 1.29 is 17.0 Å². The minimum absolute atomic E-state index is 0. The van der Waals surface area contributed by atoms with Crippen LogP contribution in [0.4, 0.5) is 5.82 Å². The molecule has 0 aliphatic heterocycles. The molecule has 0 saturated carbocycles. The molecular weight excluding hydrogens is 216 g/mol. The number of aryl methyl sites for hydroxylation is 1. The topological polar surface area (TPSA) is 29.9 Å². The Bertz CT molecular complexity index is 392. The first kappa shape index (κ1) is 11.0. The maximum absolute atomic E-state index is 5.85. The fourth-order valence-corrected chi connectivity index (χ4v) is 2.05. The Kier molecular flexibility index (Phi) is 3.49. The van der Waals surface area contributed by atoms with Crippen LogP contribution in [0, 0.1) is 6.92 Å². The van der Waals surface area contributed by atoms with E-state index >= 15 is 0 Å². The summed E-state index contributed by atoms with van der Waals surface area (Å²) in [5.74, 6) is 0.800. The van der Waals surface area contributed by atoms with Gasteiger partial charge in [-0.05, 0) is 12.1 Å². The molecule has 0 amide bonds. The summed E-state index contributed by atoms with van der Waals surface area (Å²) in [6.45, 7) is 2.06. The monoisotopic (exact) mass is 226 g/mol. The first-order chi connectivity index (χ1) is 6.29. The van der Waals surface area contributed by atoms with Gasteiger partial charge in [0, 0.05) is 6.92 Å². The average molecular weight is 227 g/mol. The van der Waals surface area contributed by atoms with E-state index in [1.165, 1.54) is 5.01 Å². The normalized spacial score (nSPS) is 9.50. The van der Waals surface area contributed by atoms with E-state index in [-0.39, 0.29) is 12.4 Å². The zero-order valence-corrected chi connectivity index (χ0v) is 9.35. The molecule has 2 aromatic rings. The summed E-state index contributed by atoms with van der Waals surface area (Å²) in [4.78, 5) is 0. The van der Waals surface area contributed by atoms with Crippen molar-refractivity contribution in [2.75, 3.05) is 5.73 Å². The molecule has 0 unspecified atom stereocenters. The van der Waals surface area contributed by atoms with Crippen molar-refractivity contribution in [2.45, 2.75) is 6.92 Å². The van der Waals surface area contributed by atoms with Gasteiger partial charge in [-0.25, -0.2) is 0 Å². The fraction of sp³-hybridized carbons (Fsp3) is 0.100. The van der Waals surface area contributed by atoms with Gasteiger partial charge >= 0.3 is 0 Å². The van der Waals surface area contributed by atoms with Crippen LogP contribution in [0.25, 0.3) is 5.69 Å². The van der Waals surface area contributed by atoms with Crippen LogP contribution in [0.15, 0.2) is 35.7 Å². The molecule has 1 aromatic heterocycles. The zero-order valence-electron chi connectivity index (χ0n) is 7.77. The number of rotatable bonds is 1. The van der Waals surface area contributed by atoms with Crippen LogP contribution in [-0.2, 0) is 0 Å². The van der Waals surface area contributed by atoms with Crippen molar-refractivity contribution >= 4 is 17.2 Å². The largest absolute Gasteiger partial charge is 1.00 e. The van der Waals surface area contributed by atoms with E-state index in [0.29, 0.717) is 0 Å². The number of hydrogen-bond acceptors (Lipinski definition) is 2. The number of thiazole rings is 1. The number of anilines is 1. The van der Waals surface area contributed by atoms with Crippen molar-refractivity contribution in [3.8, 4) is 5.69 Å². The van der Waals surface area contributed by atoms with Gasteiger partial charge in [0.2, 0.25) is 0 Å². The Hall–Kier alpha value is -1.06. The SMILES string of the molecule is Cc1scc(N)[n+]1-c1ccccc1.[Cl-]. The predicted molar refractivity (Wildman–Crippen MR) is 55.0 cm³/mol. The van der Waals surface area contributed by atoms with Gasteiger partial charge in [0.1, 0.15) is 5.69 Å². The summed E-state index contributed by atoms with van der Waals surface area (Å²) in [5, 5.41) is 3.16. The maximum Gasteiger partial charge on any atom is 0.288 e. The van der Waals surface area contributed by atoms with E-state index in [2.05, 4.69) is 19.1 Å². The van der Waals surface area contributed by atoms with Crippen LogP contribution in [0.1, 0.15) is 5.01 Å². The molecule has 0 aliphatic rings. The lowest BCUT2D eigenvalue weighted by Crippen LogP contribution is -3.00. The van der Waals surface area contributed by atoms with Gasteiger partial charge in [-0.1, -0.05) is 29.5 Å². The van der Waals surface area contributed by atoms with Crippen LogP contribution < -0.4 is 22.7 Å². The van der Waals surface area contributed by atoms with Crippen LogP contribution in [0.3, 0.4) is 0 Å². The molecule has 2 N–H and O–H groups in total. The van der Waals surface area contributed by atoms with Crippen LogP contribution in [0.5, 0.6) is 0 Å². The van der Waals surface area contributed by atoms with Gasteiger partial charge in [0.25, 0.3) is 5.82 Å². The Morgan fingerprint density at radius 3 is 2.36 bits per heavy atom. The molecule has 4 heteroatoms. The fourth-order valence-electron chi connectivity index (χ4n) is 1.34. The van der Waals surface area contributed by atoms with Gasteiger partial charge in [0.15, 0.2) is 5.01 Å². The lowest BCUT2D eigenvalue weighted by atomic mass is 10.3. The second-order valence-corrected chi connectivity index (χ2v) is 3.91. The van der Waals surface area contributed by atoms with Crippen molar-refractivity contribution in [1.29, 1.82) is 0 Å². The summed E-state index contributed by atoms with van der Waals surface area (Å²) < 4.78 is 2.05. The molecule has 0 aliphatic carbocycles. The van der Waals surface area contributed by atoms with Crippen LogP contribution >= 0.6 is 11.3 Å². The molecule has 1 heterocycles. The van der Waals surface area contributed by atoms with Gasteiger partial charge in [-0.3, -0.25) is 5.73 Å². The highest BCUT2D eigenvalue weighted by atomic mass is 35.5. The lowest BCUT2D eigenvalue weighted by Gasteiger charge is -1.98. The molecule has 1 aromatic carbocycles. The van der Waals surface area contributed by atoms with Gasteiger partial charge in [-0.2, -0.15) is 4.57 Å². The minimum Gasteiger partial charge on any atom is -1.00 e. The van der Waals surface area contributed by atoms with Crippen molar-refractivity contribution in [2.24, 2.45) is 0 Å². The Morgan fingerprint density at radius 1 is 1.21 bits per heavy atom. The van der Waals surface area contributed by atoms with E-state index in [9.17, 15) is 0 Å². The summed E-state index contributed by atoms with van der Waals surface area (Å²) in [6.07, 6.45) is 0. The first-order valence-electron chi connectivity index (χ1n) is 4.10. The first-order valence-corrected chi connectivity index (χ1v) is 4.98. The molecule has 74 valence electrons. The quantitative estimate of drug-likeness (QED) is 0.616. The van der Waals surface area contributed by atoms with Crippen LogP contribution in [-0.4, -0.2) is 0 Å². The average Bonchev–Trinajstić information content (AvgIpc) is 2.48. The van der Waals surface area contributed by atoms with E-state index in [0.717, 1.165) is 11.5 Å².